The number of carbonyl (C=O) groups is 1. The molecule has 0 saturated carbocycles. The lowest BCUT2D eigenvalue weighted by Crippen LogP contribution is -2.40. The lowest BCUT2D eigenvalue weighted by atomic mass is 10.2. The summed E-state index contributed by atoms with van der Waals surface area (Å²) in [6.07, 6.45) is 4.93. The second-order valence-electron chi connectivity index (χ2n) is 7.39. The molecule has 162 valence electrons. The number of rotatable bonds is 7. The molecule has 2 heterocycles. The fourth-order valence-corrected chi connectivity index (χ4v) is 5.18. The van der Waals surface area contributed by atoms with Gasteiger partial charge in [0.25, 0.3) is 5.91 Å². The molecule has 1 aromatic carbocycles. The number of sulfonamides is 1. The maximum Gasteiger partial charge on any atom is 0.255 e. The van der Waals surface area contributed by atoms with E-state index in [2.05, 4.69) is 10.2 Å². The summed E-state index contributed by atoms with van der Waals surface area (Å²) in [6, 6.07) is 4.43. The fraction of sp³-hybridized carbons (Fsp3) is 0.650. The number of amides is 1. The quantitative estimate of drug-likeness (QED) is 0.709. The van der Waals surface area contributed by atoms with Crippen molar-refractivity contribution in [3.63, 3.8) is 0 Å². The van der Waals surface area contributed by atoms with Gasteiger partial charge < -0.3 is 19.7 Å². The number of methoxy groups -OCH3 is 1. The Morgan fingerprint density at radius 2 is 1.79 bits per heavy atom. The van der Waals surface area contributed by atoms with Gasteiger partial charge in [-0.2, -0.15) is 4.31 Å². The third kappa shape index (κ3) is 5.69. The number of likely N-dealkylation sites (tertiary alicyclic amines) is 1. The van der Waals surface area contributed by atoms with Crippen LogP contribution in [0.2, 0.25) is 0 Å². The van der Waals surface area contributed by atoms with Gasteiger partial charge in [0.2, 0.25) is 10.0 Å². The topological polar surface area (TPSA) is 88.2 Å². The first-order valence-electron chi connectivity index (χ1n) is 10.3. The number of carbonyl (C=O) groups excluding carboxylic acids is 1. The van der Waals surface area contributed by atoms with Gasteiger partial charge in [0.15, 0.2) is 0 Å². The van der Waals surface area contributed by atoms with Crippen molar-refractivity contribution in [1.82, 2.24) is 14.5 Å². The third-order valence-electron chi connectivity index (χ3n) is 5.44. The molecule has 9 heteroatoms. The number of morpholine rings is 1. The summed E-state index contributed by atoms with van der Waals surface area (Å²) in [6.45, 7) is 4.80. The molecule has 3 rings (SSSR count). The maximum atomic E-state index is 12.9. The Kier molecular flexibility index (Phi) is 7.88. The van der Waals surface area contributed by atoms with E-state index in [0.29, 0.717) is 38.6 Å². The van der Waals surface area contributed by atoms with Crippen LogP contribution in [0.1, 0.15) is 36.0 Å². The van der Waals surface area contributed by atoms with Gasteiger partial charge in [-0.1, -0.05) is 12.8 Å². The minimum atomic E-state index is -3.68. The standard InChI is InChI=1S/C20H31N3O5S/c1-27-19-7-6-17(29(25,26)23-12-14-28-15-13-23)16-18(19)20(24)21-8-11-22-9-4-2-3-5-10-22/h6-7,16H,2-5,8-15H2,1H3,(H,21,24). The van der Waals surface area contributed by atoms with Crippen LogP contribution in [0.3, 0.4) is 0 Å². The highest BCUT2D eigenvalue weighted by molar-refractivity contribution is 7.89. The molecule has 8 nitrogen and oxygen atoms in total. The molecule has 1 aromatic rings. The number of hydrogen-bond acceptors (Lipinski definition) is 6. The first kappa shape index (κ1) is 22.0. The third-order valence-corrected chi connectivity index (χ3v) is 7.33. The first-order chi connectivity index (χ1) is 14.0. The number of hydrogen-bond donors (Lipinski definition) is 1. The summed E-state index contributed by atoms with van der Waals surface area (Å²) in [7, 11) is -2.20. The van der Waals surface area contributed by atoms with Crippen LogP contribution < -0.4 is 10.1 Å². The number of nitrogens with zero attached hydrogens (tertiary/aromatic N) is 2. The molecular formula is C20H31N3O5S. The molecule has 0 radical (unpaired) electrons. The van der Waals surface area contributed by atoms with E-state index in [0.717, 1.165) is 19.6 Å². The van der Waals surface area contributed by atoms with Crippen LogP contribution in [0.5, 0.6) is 5.75 Å². The van der Waals surface area contributed by atoms with Crippen LogP contribution in [0.4, 0.5) is 0 Å². The maximum absolute atomic E-state index is 12.9. The van der Waals surface area contributed by atoms with E-state index in [1.807, 2.05) is 0 Å². The van der Waals surface area contributed by atoms with Gasteiger partial charge in [0.1, 0.15) is 5.75 Å². The monoisotopic (exact) mass is 425 g/mol. The van der Waals surface area contributed by atoms with E-state index in [1.165, 1.54) is 55.3 Å². The highest BCUT2D eigenvalue weighted by Gasteiger charge is 2.28. The predicted octanol–water partition coefficient (Wildman–Crippen LogP) is 1.32. The molecule has 2 aliphatic heterocycles. The van der Waals surface area contributed by atoms with Crippen molar-refractivity contribution >= 4 is 15.9 Å². The average Bonchev–Trinajstić information content (AvgIpc) is 3.02. The molecule has 2 fully saturated rings. The highest BCUT2D eigenvalue weighted by atomic mass is 32.2. The molecule has 0 bridgehead atoms. The molecule has 0 atom stereocenters. The first-order valence-corrected chi connectivity index (χ1v) is 11.7. The molecule has 29 heavy (non-hydrogen) atoms. The van der Waals surface area contributed by atoms with Crippen LogP contribution in [-0.2, 0) is 14.8 Å². The zero-order valence-corrected chi connectivity index (χ0v) is 17.9. The van der Waals surface area contributed by atoms with Crippen molar-refractivity contribution in [3.05, 3.63) is 23.8 Å². The second kappa shape index (κ2) is 10.4. The normalized spacial score (nSPS) is 19.5. The SMILES string of the molecule is COc1ccc(S(=O)(=O)N2CCOCC2)cc1C(=O)NCCN1CCCCCC1. The van der Waals surface area contributed by atoms with Gasteiger partial charge in [0.05, 0.1) is 30.8 Å². The second-order valence-corrected chi connectivity index (χ2v) is 9.33. The van der Waals surface area contributed by atoms with Gasteiger partial charge in [0, 0.05) is 26.2 Å². The minimum Gasteiger partial charge on any atom is -0.496 e. The summed E-state index contributed by atoms with van der Waals surface area (Å²) in [5.74, 6) is 0.0360. The summed E-state index contributed by atoms with van der Waals surface area (Å²) < 4.78 is 37.7. The molecule has 1 amide bonds. The van der Waals surface area contributed by atoms with Gasteiger partial charge in [-0.15, -0.1) is 0 Å². The zero-order valence-electron chi connectivity index (χ0n) is 17.1. The minimum absolute atomic E-state index is 0.0952. The number of ether oxygens (including phenoxy) is 2. The molecule has 0 spiro atoms. The molecule has 0 unspecified atom stereocenters. The molecular weight excluding hydrogens is 394 g/mol. The van der Waals surface area contributed by atoms with E-state index in [4.69, 9.17) is 9.47 Å². The van der Waals surface area contributed by atoms with Crippen molar-refractivity contribution in [2.75, 3.05) is 59.6 Å². The Labute approximate surface area is 173 Å². The van der Waals surface area contributed by atoms with Crippen LogP contribution >= 0.6 is 0 Å². The predicted molar refractivity (Wildman–Crippen MR) is 110 cm³/mol. The number of benzene rings is 1. The molecule has 2 saturated heterocycles. The van der Waals surface area contributed by atoms with E-state index in [9.17, 15) is 13.2 Å². The highest BCUT2D eigenvalue weighted by Crippen LogP contribution is 2.25. The summed E-state index contributed by atoms with van der Waals surface area (Å²) in [5.41, 5.74) is 0.234. The van der Waals surface area contributed by atoms with E-state index in [1.54, 1.807) is 0 Å². The molecule has 1 N–H and O–H groups in total. The molecule has 0 aliphatic carbocycles. The van der Waals surface area contributed by atoms with Crippen molar-refractivity contribution in [1.29, 1.82) is 0 Å². The summed E-state index contributed by atoms with van der Waals surface area (Å²) in [4.78, 5) is 15.2. The zero-order chi connectivity index (χ0) is 20.7. The van der Waals surface area contributed by atoms with Crippen LogP contribution in [0.25, 0.3) is 0 Å². The Bertz CT molecular complexity index is 785. The van der Waals surface area contributed by atoms with Crippen molar-refractivity contribution < 1.29 is 22.7 Å². The lowest BCUT2D eigenvalue weighted by Gasteiger charge is -2.26. The van der Waals surface area contributed by atoms with Crippen molar-refractivity contribution in [2.45, 2.75) is 30.6 Å². The van der Waals surface area contributed by atoms with Gasteiger partial charge in [-0.05, 0) is 44.1 Å². The molecule has 2 aliphatic rings. The Morgan fingerprint density at radius 1 is 1.10 bits per heavy atom. The van der Waals surface area contributed by atoms with Crippen molar-refractivity contribution in [3.8, 4) is 5.75 Å². The van der Waals surface area contributed by atoms with E-state index < -0.39 is 10.0 Å². The Hall–Kier alpha value is -1.68. The van der Waals surface area contributed by atoms with E-state index >= 15 is 0 Å². The smallest absolute Gasteiger partial charge is 0.255 e. The van der Waals surface area contributed by atoms with E-state index in [-0.39, 0.29) is 16.4 Å². The van der Waals surface area contributed by atoms with Crippen LogP contribution in [-0.4, -0.2) is 83.1 Å². The fourth-order valence-electron chi connectivity index (χ4n) is 3.74. The average molecular weight is 426 g/mol. The van der Waals surface area contributed by atoms with Crippen LogP contribution in [0, 0.1) is 0 Å². The lowest BCUT2D eigenvalue weighted by molar-refractivity contribution is 0.0730. The van der Waals surface area contributed by atoms with Gasteiger partial charge >= 0.3 is 0 Å². The molecule has 0 aromatic heterocycles. The largest absolute Gasteiger partial charge is 0.496 e. The summed E-state index contributed by atoms with van der Waals surface area (Å²) in [5, 5.41) is 2.91. The number of nitrogens with one attached hydrogen (secondary N) is 1. The summed E-state index contributed by atoms with van der Waals surface area (Å²) >= 11 is 0. The van der Waals surface area contributed by atoms with Gasteiger partial charge in [-0.3, -0.25) is 4.79 Å². The Balaban J connectivity index is 1.68. The van der Waals surface area contributed by atoms with Crippen molar-refractivity contribution in [2.24, 2.45) is 0 Å². The van der Waals surface area contributed by atoms with Crippen LogP contribution in [0.15, 0.2) is 23.1 Å². The Morgan fingerprint density at radius 3 is 2.45 bits per heavy atom. The van der Waals surface area contributed by atoms with Gasteiger partial charge in [-0.25, -0.2) is 8.42 Å².